The minimum atomic E-state index is -0.452. The van der Waals surface area contributed by atoms with E-state index in [1.807, 2.05) is 31.7 Å². The molecule has 0 unspecified atom stereocenters. The lowest BCUT2D eigenvalue weighted by Gasteiger charge is -2.42. The predicted octanol–water partition coefficient (Wildman–Crippen LogP) is 2.74. The number of carbonyl (C=O) groups excluding carboxylic acids is 1. The second-order valence-corrected chi connectivity index (χ2v) is 8.40. The van der Waals surface area contributed by atoms with Gasteiger partial charge < -0.3 is 20.1 Å². The summed E-state index contributed by atoms with van der Waals surface area (Å²) in [5, 5.41) is 0. The summed E-state index contributed by atoms with van der Waals surface area (Å²) in [5.41, 5.74) is 7.65. The molecule has 0 radical (unpaired) electrons. The maximum atomic E-state index is 12.4. The van der Waals surface area contributed by atoms with Crippen molar-refractivity contribution >= 4 is 6.09 Å². The highest BCUT2D eigenvalue weighted by atomic mass is 16.6. The summed E-state index contributed by atoms with van der Waals surface area (Å²) in [6.45, 7) is 9.38. The second kappa shape index (κ2) is 7.08. The van der Waals surface area contributed by atoms with Crippen molar-refractivity contribution in [1.29, 1.82) is 0 Å². The van der Waals surface area contributed by atoms with Crippen LogP contribution in [0.2, 0.25) is 0 Å². The van der Waals surface area contributed by atoms with Gasteiger partial charge in [-0.3, -0.25) is 4.90 Å². The Labute approximate surface area is 156 Å². The van der Waals surface area contributed by atoms with Gasteiger partial charge in [0.2, 0.25) is 0 Å². The van der Waals surface area contributed by atoms with Crippen molar-refractivity contribution in [3.05, 3.63) is 29.3 Å². The lowest BCUT2D eigenvalue weighted by atomic mass is 10.1. The van der Waals surface area contributed by atoms with Gasteiger partial charge in [0.15, 0.2) is 0 Å². The number of piperazine rings is 1. The van der Waals surface area contributed by atoms with Gasteiger partial charge in [0, 0.05) is 43.8 Å². The van der Waals surface area contributed by atoms with Crippen molar-refractivity contribution in [3.63, 3.8) is 0 Å². The number of carbonyl (C=O) groups is 1. The highest BCUT2D eigenvalue weighted by Gasteiger charge is 2.52. The van der Waals surface area contributed by atoms with Gasteiger partial charge in [-0.25, -0.2) is 4.79 Å². The SMILES string of the molecule is COc1cc(CN2CCN(C(=O)OC(C)(C)C)CC23CC3)ccc1CN. The average molecular weight is 361 g/mol. The molecule has 1 heterocycles. The molecule has 0 atom stereocenters. The zero-order valence-corrected chi connectivity index (χ0v) is 16.4. The lowest BCUT2D eigenvalue weighted by Crippen LogP contribution is -2.56. The van der Waals surface area contributed by atoms with Gasteiger partial charge in [0.05, 0.1) is 7.11 Å². The third-order valence-corrected chi connectivity index (χ3v) is 5.22. The summed E-state index contributed by atoms with van der Waals surface area (Å²) in [4.78, 5) is 16.8. The summed E-state index contributed by atoms with van der Waals surface area (Å²) < 4.78 is 11.0. The maximum absolute atomic E-state index is 12.4. The zero-order chi connectivity index (χ0) is 18.9. The Hall–Kier alpha value is -1.79. The van der Waals surface area contributed by atoms with Crippen molar-refractivity contribution in [3.8, 4) is 5.75 Å². The molecule has 1 saturated carbocycles. The summed E-state index contributed by atoms with van der Waals surface area (Å²) in [6.07, 6.45) is 2.06. The Bertz CT molecular complexity index is 665. The molecule has 26 heavy (non-hydrogen) atoms. The number of hydrogen-bond donors (Lipinski definition) is 1. The monoisotopic (exact) mass is 361 g/mol. The molecule has 1 spiro atoms. The molecule has 1 aromatic rings. The van der Waals surface area contributed by atoms with E-state index in [2.05, 4.69) is 17.0 Å². The van der Waals surface area contributed by atoms with Crippen LogP contribution in [0.1, 0.15) is 44.7 Å². The van der Waals surface area contributed by atoms with Crippen molar-refractivity contribution in [2.45, 2.75) is 57.8 Å². The van der Waals surface area contributed by atoms with Gasteiger partial charge in [-0.05, 0) is 45.2 Å². The van der Waals surface area contributed by atoms with Crippen LogP contribution in [0.25, 0.3) is 0 Å². The lowest BCUT2D eigenvalue weighted by molar-refractivity contribution is -0.00239. The predicted molar refractivity (Wildman–Crippen MR) is 101 cm³/mol. The minimum Gasteiger partial charge on any atom is -0.496 e. The van der Waals surface area contributed by atoms with E-state index in [0.29, 0.717) is 13.1 Å². The van der Waals surface area contributed by atoms with Gasteiger partial charge >= 0.3 is 6.09 Å². The smallest absolute Gasteiger partial charge is 0.410 e. The van der Waals surface area contributed by atoms with E-state index in [9.17, 15) is 4.79 Å². The molecule has 3 rings (SSSR count). The van der Waals surface area contributed by atoms with Crippen LogP contribution in [0.5, 0.6) is 5.75 Å². The molecule has 1 saturated heterocycles. The number of rotatable bonds is 4. The van der Waals surface area contributed by atoms with Crippen LogP contribution in [-0.4, -0.2) is 53.8 Å². The first-order valence-corrected chi connectivity index (χ1v) is 9.35. The molecule has 2 fully saturated rings. The van der Waals surface area contributed by atoms with Crippen LogP contribution in [0.3, 0.4) is 0 Å². The topological polar surface area (TPSA) is 68.0 Å². The van der Waals surface area contributed by atoms with Gasteiger partial charge in [0.25, 0.3) is 0 Å². The number of benzene rings is 1. The number of ether oxygens (including phenoxy) is 2. The van der Waals surface area contributed by atoms with E-state index in [1.165, 1.54) is 5.56 Å². The maximum Gasteiger partial charge on any atom is 0.410 e. The van der Waals surface area contributed by atoms with E-state index >= 15 is 0 Å². The number of hydrogen-bond acceptors (Lipinski definition) is 5. The Kier molecular flexibility index (Phi) is 5.17. The van der Waals surface area contributed by atoms with Crippen LogP contribution < -0.4 is 10.5 Å². The van der Waals surface area contributed by atoms with Crippen molar-refractivity contribution in [2.24, 2.45) is 5.73 Å². The Morgan fingerprint density at radius 2 is 2.00 bits per heavy atom. The summed E-state index contributed by atoms with van der Waals surface area (Å²) in [5.74, 6) is 0.849. The molecule has 1 amide bonds. The van der Waals surface area contributed by atoms with Crippen molar-refractivity contribution < 1.29 is 14.3 Å². The van der Waals surface area contributed by atoms with E-state index in [0.717, 1.165) is 43.8 Å². The zero-order valence-electron chi connectivity index (χ0n) is 16.4. The Balaban J connectivity index is 1.66. The number of nitrogens with zero attached hydrogens (tertiary/aromatic N) is 2. The van der Waals surface area contributed by atoms with E-state index in [4.69, 9.17) is 15.2 Å². The highest BCUT2D eigenvalue weighted by molar-refractivity contribution is 5.68. The highest BCUT2D eigenvalue weighted by Crippen LogP contribution is 2.45. The van der Waals surface area contributed by atoms with Crippen LogP contribution in [0.15, 0.2) is 18.2 Å². The fourth-order valence-electron chi connectivity index (χ4n) is 3.64. The van der Waals surface area contributed by atoms with Gasteiger partial charge in [-0.15, -0.1) is 0 Å². The molecule has 0 aromatic heterocycles. The molecule has 1 aromatic carbocycles. The Morgan fingerprint density at radius 1 is 1.27 bits per heavy atom. The van der Waals surface area contributed by atoms with Crippen LogP contribution in [0, 0.1) is 0 Å². The number of nitrogens with two attached hydrogens (primary N) is 1. The largest absolute Gasteiger partial charge is 0.496 e. The third-order valence-electron chi connectivity index (χ3n) is 5.22. The third kappa shape index (κ3) is 4.13. The minimum absolute atomic E-state index is 0.106. The fourth-order valence-corrected chi connectivity index (χ4v) is 3.64. The second-order valence-electron chi connectivity index (χ2n) is 8.40. The number of methoxy groups -OCH3 is 1. The first kappa shape index (κ1) is 19.0. The summed E-state index contributed by atoms with van der Waals surface area (Å²) >= 11 is 0. The summed E-state index contributed by atoms with van der Waals surface area (Å²) in [6, 6.07) is 6.25. The van der Waals surface area contributed by atoms with Crippen LogP contribution in [0.4, 0.5) is 4.79 Å². The molecule has 0 bridgehead atoms. The van der Waals surface area contributed by atoms with Crippen molar-refractivity contribution in [2.75, 3.05) is 26.7 Å². The normalized spacial score (nSPS) is 19.5. The fraction of sp³-hybridized carbons (Fsp3) is 0.650. The first-order chi connectivity index (χ1) is 12.3. The van der Waals surface area contributed by atoms with E-state index in [1.54, 1.807) is 7.11 Å². The molecule has 2 N–H and O–H groups in total. The van der Waals surface area contributed by atoms with E-state index < -0.39 is 5.60 Å². The molecule has 2 aliphatic rings. The average Bonchev–Trinajstić information content (AvgIpc) is 3.35. The molecule has 1 aliphatic heterocycles. The van der Waals surface area contributed by atoms with E-state index in [-0.39, 0.29) is 11.6 Å². The molecular formula is C20H31N3O3. The molecule has 6 nitrogen and oxygen atoms in total. The molecule has 6 heteroatoms. The standard InChI is InChI=1S/C20H31N3O3/c1-19(2,3)26-18(24)22-9-10-23(20(14-22)7-8-20)13-15-5-6-16(12-21)17(11-15)25-4/h5-6,11H,7-10,12-14,21H2,1-4H3. The first-order valence-electron chi connectivity index (χ1n) is 9.35. The van der Waals surface area contributed by atoms with Gasteiger partial charge in [0.1, 0.15) is 11.4 Å². The van der Waals surface area contributed by atoms with Crippen molar-refractivity contribution in [1.82, 2.24) is 9.80 Å². The molecule has 144 valence electrons. The van der Waals surface area contributed by atoms with Gasteiger partial charge in [-0.2, -0.15) is 0 Å². The summed E-state index contributed by atoms with van der Waals surface area (Å²) in [7, 11) is 1.68. The molecular weight excluding hydrogens is 330 g/mol. The van der Waals surface area contributed by atoms with Gasteiger partial charge in [-0.1, -0.05) is 12.1 Å². The Morgan fingerprint density at radius 3 is 2.58 bits per heavy atom. The van der Waals surface area contributed by atoms with Crippen LogP contribution >= 0.6 is 0 Å². The molecule has 1 aliphatic carbocycles. The van der Waals surface area contributed by atoms with Crippen LogP contribution in [-0.2, 0) is 17.8 Å². The number of amides is 1. The quantitative estimate of drug-likeness (QED) is 0.893.